The van der Waals surface area contributed by atoms with Crippen molar-refractivity contribution in [3.8, 4) is 0 Å². The van der Waals surface area contributed by atoms with Gasteiger partial charge < -0.3 is 9.30 Å². The van der Waals surface area contributed by atoms with Crippen LogP contribution in [0.25, 0.3) is 16.9 Å². The summed E-state index contributed by atoms with van der Waals surface area (Å²) in [6.07, 6.45) is 1.81. The van der Waals surface area contributed by atoms with Crippen LogP contribution >= 0.6 is 0 Å². The molecular formula is C21H23N5O4. The molecule has 4 rings (SSSR count). The lowest BCUT2D eigenvalue weighted by molar-refractivity contribution is -0.145. The minimum Gasteiger partial charge on any atom is -0.459 e. The number of aromatic nitrogens is 5. The smallest absolute Gasteiger partial charge is 0.333 e. The minimum atomic E-state index is -0.658. The number of carbonyl (C=O) groups excluding carboxylic acids is 1. The summed E-state index contributed by atoms with van der Waals surface area (Å²) in [5, 5.41) is 0. The number of imidazole rings is 2. The summed E-state index contributed by atoms with van der Waals surface area (Å²) in [5.74, 6) is -0.0805. The molecule has 0 amide bonds. The van der Waals surface area contributed by atoms with Crippen molar-refractivity contribution >= 4 is 22.9 Å². The van der Waals surface area contributed by atoms with Gasteiger partial charge in [0.25, 0.3) is 5.56 Å². The summed E-state index contributed by atoms with van der Waals surface area (Å²) in [4.78, 5) is 42.8. The van der Waals surface area contributed by atoms with Crippen LogP contribution in [-0.2, 0) is 29.7 Å². The fourth-order valence-electron chi connectivity index (χ4n) is 3.72. The Kier molecular flexibility index (Phi) is 4.81. The van der Waals surface area contributed by atoms with E-state index in [0.717, 1.165) is 15.8 Å². The molecule has 9 nitrogen and oxygen atoms in total. The van der Waals surface area contributed by atoms with Crippen LogP contribution in [0.3, 0.4) is 0 Å². The first-order chi connectivity index (χ1) is 14.3. The van der Waals surface area contributed by atoms with E-state index in [9.17, 15) is 14.4 Å². The molecule has 1 aromatic carbocycles. The van der Waals surface area contributed by atoms with E-state index in [1.165, 1.54) is 11.6 Å². The van der Waals surface area contributed by atoms with Gasteiger partial charge in [0.1, 0.15) is 13.2 Å². The van der Waals surface area contributed by atoms with Gasteiger partial charge in [-0.1, -0.05) is 30.3 Å². The molecule has 0 radical (unpaired) electrons. The Bertz CT molecular complexity index is 1370. The van der Waals surface area contributed by atoms with Crippen molar-refractivity contribution in [3.05, 3.63) is 68.6 Å². The summed E-state index contributed by atoms with van der Waals surface area (Å²) in [6, 6.07) is 9.34. The van der Waals surface area contributed by atoms with Gasteiger partial charge in [-0.3, -0.25) is 18.6 Å². The lowest BCUT2D eigenvalue weighted by Crippen LogP contribution is -2.41. The Hall–Kier alpha value is -3.62. The van der Waals surface area contributed by atoms with Gasteiger partial charge in [0, 0.05) is 25.0 Å². The molecule has 0 aliphatic heterocycles. The van der Waals surface area contributed by atoms with Crippen molar-refractivity contribution in [1.29, 1.82) is 0 Å². The molecule has 0 saturated carbocycles. The highest BCUT2D eigenvalue weighted by atomic mass is 16.5. The normalized spacial score (nSPS) is 11.6. The summed E-state index contributed by atoms with van der Waals surface area (Å²) < 4.78 is 11.1. The van der Waals surface area contributed by atoms with Crippen LogP contribution in [0.5, 0.6) is 0 Å². The number of fused-ring (bicyclic) bond motifs is 3. The predicted octanol–water partition coefficient (Wildman–Crippen LogP) is 1.78. The Morgan fingerprint density at radius 2 is 1.87 bits per heavy atom. The van der Waals surface area contributed by atoms with E-state index in [0.29, 0.717) is 5.78 Å². The summed E-state index contributed by atoms with van der Waals surface area (Å²) in [5.41, 5.74) is 1.12. The van der Waals surface area contributed by atoms with Crippen molar-refractivity contribution in [1.82, 2.24) is 23.1 Å². The van der Waals surface area contributed by atoms with E-state index in [1.807, 2.05) is 61.9 Å². The zero-order valence-corrected chi connectivity index (χ0v) is 17.3. The zero-order valence-electron chi connectivity index (χ0n) is 17.3. The summed E-state index contributed by atoms with van der Waals surface area (Å²) >= 11 is 0. The summed E-state index contributed by atoms with van der Waals surface area (Å²) in [6.45, 7) is 5.58. The third-order valence-electron chi connectivity index (χ3n) is 5.11. The van der Waals surface area contributed by atoms with Gasteiger partial charge in [-0.15, -0.1) is 0 Å². The number of hydrogen-bond acceptors (Lipinski definition) is 5. The highest BCUT2D eigenvalue weighted by Gasteiger charge is 2.22. The van der Waals surface area contributed by atoms with Crippen LogP contribution in [0.1, 0.15) is 31.1 Å². The van der Waals surface area contributed by atoms with E-state index in [1.54, 1.807) is 4.40 Å². The molecule has 156 valence electrons. The SMILES string of the molecule is Cc1cn2c3c(=O)n(CC(=O)OCc4ccccc4)c(=O)n(C)c3nc2n1C(C)C. The molecule has 30 heavy (non-hydrogen) atoms. The highest BCUT2D eigenvalue weighted by molar-refractivity contribution is 5.76. The minimum absolute atomic E-state index is 0.0738. The lowest BCUT2D eigenvalue weighted by atomic mass is 10.2. The van der Waals surface area contributed by atoms with E-state index >= 15 is 0 Å². The fourth-order valence-corrected chi connectivity index (χ4v) is 3.72. The molecule has 0 atom stereocenters. The lowest BCUT2D eigenvalue weighted by Gasteiger charge is -2.09. The quantitative estimate of drug-likeness (QED) is 0.469. The average Bonchev–Trinajstić information content (AvgIpc) is 3.23. The van der Waals surface area contributed by atoms with Gasteiger partial charge in [0.15, 0.2) is 11.2 Å². The van der Waals surface area contributed by atoms with Gasteiger partial charge >= 0.3 is 11.7 Å². The van der Waals surface area contributed by atoms with Gasteiger partial charge in [-0.2, -0.15) is 4.98 Å². The number of ether oxygens (including phenoxy) is 1. The molecule has 9 heteroatoms. The molecule has 0 saturated heterocycles. The van der Waals surface area contributed by atoms with Crippen molar-refractivity contribution in [2.45, 2.75) is 40.0 Å². The Morgan fingerprint density at radius 1 is 1.17 bits per heavy atom. The maximum absolute atomic E-state index is 13.1. The number of hydrogen-bond donors (Lipinski definition) is 0. The molecular weight excluding hydrogens is 386 g/mol. The van der Waals surface area contributed by atoms with Crippen molar-refractivity contribution < 1.29 is 9.53 Å². The Labute approximate surface area is 171 Å². The monoisotopic (exact) mass is 409 g/mol. The van der Waals surface area contributed by atoms with Crippen molar-refractivity contribution in [2.24, 2.45) is 7.05 Å². The molecule has 0 fully saturated rings. The molecule has 0 bridgehead atoms. The second-order valence-electron chi connectivity index (χ2n) is 7.57. The second-order valence-corrected chi connectivity index (χ2v) is 7.57. The largest absolute Gasteiger partial charge is 0.459 e. The molecule has 0 aliphatic carbocycles. The fraction of sp³-hybridized carbons (Fsp3) is 0.333. The van der Waals surface area contributed by atoms with E-state index < -0.39 is 23.8 Å². The number of esters is 1. The first-order valence-electron chi connectivity index (χ1n) is 9.68. The summed E-state index contributed by atoms with van der Waals surface area (Å²) in [7, 11) is 1.54. The maximum atomic E-state index is 13.1. The van der Waals surface area contributed by atoms with Crippen LogP contribution in [0.4, 0.5) is 0 Å². The number of aryl methyl sites for hydroxylation is 2. The Morgan fingerprint density at radius 3 is 2.53 bits per heavy atom. The van der Waals surface area contributed by atoms with E-state index in [2.05, 4.69) is 4.98 Å². The van der Waals surface area contributed by atoms with Crippen molar-refractivity contribution in [2.75, 3.05) is 0 Å². The second kappa shape index (κ2) is 7.33. The third-order valence-corrected chi connectivity index (χ3v) is 5.11. The van der Waals surface area contributed by atoms with Crippen LogP contribution < -0.4 is 11.2 Å². The van der Waals surface area contributed by atoms with Crippen LogP contribution in [0, 0.1) is 6.92 Å². The van der Waals surface area contributed by atoms with Crippen LogP contribution in [0.2, 0.25) is 0 Å². The highest BCUT2D eigenvalue weighted by Crippen LogP contribution is 2.20. The molecule has 0 N–H and O–H groups in total. The maximum Gasteiger partial charge on any atom is 0.333 e. The van der Waals surface area contributed by atoms with Crippen molar-refractivity contribution in [3.63, 3.8) is 0 Å². The molecule has 3 aromatic heterocycles. The number of rotatable bonds is 5. The van der Waals surface area contributed by atoms with Crippen LogP contribution in [0.15, 0.2) is 46.1 Å². The molecule has 0 unspecified atom stereocenters. The standard InChI is InChI=1S/C21H23N5O4/c1-13(2)26-14(3)10-24-17-18(22-20(24)26)23(4)21(29)25(19(17)28)11-16(27)30-12-15-8-6-5-7-9-15/h5-10,13H,11-12H2,1-4H3. The number of nitrogens with zero attached hydrogens (tertiary/aromatic N) is 5. The first-order valence-corrected chi connectivity index (χ1v) is 9.68. The zero-order chi connectivity index (χ0) is 21.6. The molecule has 0 aliphatic rings. The first kappa shape index (κ1) is 19.7. The van der Waals surface area contributed by atoms with Gasteiger partial charge in [-0.05, 0) is 26.3 Å². The van der Waals surface area contributed by atoms with Gasteiger partial charge in [0.05, 0.1) is 0 Å². The number of benzene rings is 1. The van der Waals surface area contributed by atoms with E-state index in [-0.39, 0.29) is 23.8 Å². The average molecular weight is 409 g/mol. The third kappa shape index (κ3) is 3.12. The van der Waals surface area contributed by atoms with Crippen LogP contribution in [-0.4, -0.2) is 29.1 Å². The molecule has 0 spiro atoms. The van der Waals surface area contributed by atoms with Gasteiger partial charge in [0.2, 0.25) is 5.78 Å². The molecule has 3 heterocycles. The predicted molar refractivity (Wildman–Crippen MR) is 112 cm³/mol. The molecule has 4 aromatic rings. The topological polar surface area (TPSA) is 92.5 Å². The van der Waals surface area contributed by atoms with Gasteiger partial charge in [-0.25, -0.2) is 9.36 Å². The Balaban J connectivity index is 1.76. The number of carbonyl (C=O) groups is 1. The van der Waals surface area contributed by atoms with E-state index in [4.69, 9.17) is 4.74 Å².